The molecule has 1 rings (SSSR count). The van der Waals surface area contributed by atoms with Crippen molar-refractivity contribution in [3.63, 3.8) is 0 Å². The van der Waals surface area contributed by atoms with Crippen molar-refractivity contribution in [3.05, 3.63) is 34.3 Å². The molecule has 0 atom stereocenters. The molecule has 0 spiro atoms. The van der Waals surface area contributed by atoms with E-state index in [4.69, 9.17) is 0 Å². The van der Waals surface area contributed by atoms with Gasteiger partial charge in [-0.25, -0.2) is 12.7 Å². The molecule has 5 heteroatoms. The van der Waals surface area contributed by atoms with E-state index in [0.717, 1.165) is 10.0 Å². The second-order valence-electron chi connectivity index (χ2n) is 3.13. The zero-order chi connectivity index (χ0) is 10.8. The third kappa shape index (κ3) is 2.80. The van der Waals surface area contributed by atoms with Gasteiger partial charge in [0.2, 0.25) is 10.0 Å². The molecule has 0 unspecified atom stereocenters. The molecular formula is C9H12BrNO2S. The Hall–Kier alpha value is -0.390. The van der Waals surface area contributed by atoms with E-state index in [1.54, 1.807) is 6.07 Å². The van der Waals surface area contributed by atoms with Crippen LogP contribution in [-0.4, -0.2) is 26.8 Å². The van der Waals surface area contributed by atoms with Crippen LogP contribution in [0.15, 0.2) is 28.7 Å². The summed E-state index contributed by atoms with van der Waals surface area (Å²) in [7, 11) is -0.103. The minimum Gasteiger partial charge on any atom is -0.212 e. The number of hydrogen-bond acceptors (Lipinski definition) is 2. The number of halogens is 1. The van der Waals surface area contributed by atoms with Gasteiger partial charge in [-0.3, -0.25) is 0 Å². The first kappa shape index (κ1) is 11.7. The van der Waals surface area contributed by atoms with Crippen molar-refractivity contribution >= 4 is 26.0 Å². The maximum atomic E-state index is 11.6. The Bertz CT molecular complexity index is 415. The summed E-state index contributed by atoms with van der Waals surface area (Å²) in [4.78, 5) is 0. The third-order valence-electron chi connectivity index (χ3n) is 1.85. The SMILES string of the molecule is CN(C)S(=O)(=O)Cc1ccccc1Br. The summed E-state index contributed by atoms with van der Waals surface area (Å²) in [6.07, 6.45) is 0. The minimum absolute atomic E-state index is 0.0292. The van der Waals surface area contributed by atoms with Crippen LogP contribution in [0.2, 0.25) is 0 Å². The Morgan fingerprint density at radius 1 is 1.29 bits per heavy atom. The summed E-state index contributed by atoms with van der Waals surface area (Å²) in [6.45, 7) is 0. The minimum atomic E-state index is -3.17. The maximum Gasteiger partial charge on any atom is 0.217 e. The fourth-order valence-electron chi connectivity index (χ4n) is 0.941. The van der Waals surface area contributed by atoms with Gasteiger partial charge in [-0.2, -0.15) is 0 Å². The molecule has 0 aromatic heterocycles. The molecule has 0 saturated heterocycles. The highest BCUT2D eigenvalue weighted by molar-refractivity contribution is 9.10. The first-order chi connectivity index (χ1) is 6.43. The first-order valence-electron chi connectivity index (χ1n) is 4.07. The van der Waals surface area contributed by atoms with Crippen molar-refractivity contribution in [2.45, 2.75) is 5.75 Å². The van der Waals surface area contributed by atoms with Crippen molar-refractivity contribution < 1.29 is 8.42 Å². The smallest absolute Gasteiger partial charge is 0.212 e. The van der Waals surface area contributed by atoms with Crippen LogP contribution in [0.1, 0.15) is 5.56 Å². The fraction of sp³-hybridized carbons (Fsp3) is 0.333. The Morgan fingerprint density at radius 3 is 2.36 bits per heavy atom. The first-order valence-corrected chi connectivity index (χ1v) is 6.47. The Morgan fingerprint density at radius 2 is 1.86 bits per heavy atom. The fourth-order valence-corrected chi connectivity index (χ4v) is 2.45. The lowest BCUT2D eigenvalue weighted by molar-refractivity contribution is 0.519. The average Bonchev–Trinajstić information content (AvgIpc) is 2.08. The van der Waals surface area contributed by atoms with Gasteiger partial charge in [0.1, 0.15) is 0 Å². The lowest BCUT2D eigenvalue weighted by atomic mass is 10.2. The molecule has 0 saturated carbocycles. The molecule has 0 amide bonds. The van der Waals surface area contributed by atoms with Crippen LogP contribution in [0.4, 0.5) is 0 Å². The zero-order valence-electron chi connectivity index (χ0n) is 8.07. The second-order valence-corrected chi connectivity index (χ2v) is 6.17. The quantitative estimate of drug-likeness (QED) is 0.846. The molecule has 0 aliphatic rings. The summed E-state index contributed by atoms with van der Waals surface area (Å²) >= 11 is 3.32. The van der Waals surface area contributed by atoms with Gasteiger partial charge in [-0.15, -0.1) is 0 Å². The van der Waals surface area contributed by atoms with Gasteiger partial charge in [0.15, 0.2) is 0 Å². The summed E-state index contributed by atoms with van der Waals surface area (Å²) in [5, 5.41) is 0. The summed E-state index contributed by atoms with van der Waals surface area (Å²) in [6, 6.07) is 7.31. The van der Waals surface area contributed by atoms with Gasteiger partial charge in [-0.05, 0) is 11.6 Å². The topological polar surface area (TPSA) is 37.4 Å². The zero-order valence-corrected chi connectivity index (χ0v) is 10.5. The van der Waals surface area contributed by atoms with Crippen LogP contribution in [0, 0.1) is 0 Å². The monoisotopic (exact) mass is 277 g/mol. The number of nitrogens with zero attached hydrogens (tertiary/aromatic N) is 1. The van der Waals surface area contributed by atoms with Crippen LogP contribution in [0.25, 0.3) is 0 Å². The van der Waals surface area contributed by atoms with Crippen molar-refractivity contribution in [1.82, 2.24) is 4.31 Å². The van der Waals surface area contributed by atoms with Crippen molar-refractivity contribution in [2.24, 2.45) is 0 Å². The number of hydrogen-bond donors (Lipinski definition) is 0. The number of sulfonamides is 1. The lowest BCUT2D eigenvalue weighted by Crippen LogP contribution is -2.23. The molecular weight excluding hydrogens is 266 g/mol. The molecule has 0 radical (unpaired) electrons. The number of rotatable bonds is 3. The van der Waals surface area contributed by atoms with Crippen LogP contribution < -0.4 is 0 Å². The largest absolute Gasteiger partial charge is 0.217 e. The average molecular weight is 278 g/mol. The summed E-state index contributed by atoms with van der Waals surface area (Å²) in [5.74, 6) is 0.0292. The van der Waals surface area contributed by atoms with Crippen molar-refractivity contribution in [2.75, 3.05) is 14.1 Å². The van der Waals surface area contributed by atoms with Crippen LogP contribution in [-0.2, 0) is 15.8 Å². The standard InChI is InChI=1S/C9H12BrNO2S/c1-11(2)14(12,13)7-8-5-3-4-6-9(8)10/h3-6H,7H2,1-2H3. The molecule has 3 nitrogen and oxygen atoms in total. The van der Waals surface area contributed by atoms with Gasteiger partial charge >= 0.3 is 0 Å². The van der Waals surface area contributed by atoms with E-state index in [0.29, 0.717) is 0 Å². The highest BCUT2D eigenvalue weighted by Gasteiger charge is 2.15. The van der Waals surface area contributed by atoms with Gasteiger partial charge in [0, 0.05) is 18.6 Å². The summed E-state index contributed by atoms with van der Waals surface area (Å²) < 4.78 is 25.2. The molecule has 1 aromatic rings. The van der Waals surface area contributed by atoms with Gasteiger partial charge < -0.3 is 0 Å². The highest BCUT2D eigenvalue weighted by Crippen LogP contribution is 2.18. The third-order valence-corrected chi connectivity index (χ3v) is 4.41. The molecule has 0 aliphatic heterocycles. The van der Waals surface area contributed by atoms with Crippen molar-refractivity contribution in [3.8, 4) is 0 Å². The molecule has 14 heavy (non-hydrogen) atoms. The van der Waals surface area contributed by atoms with Gasteiger partial charge in [-0.1, -0.05) is 34.1 Å². The van der Waals surface area contributed by atoms with E-state index in [2.05, 4.69) is 15.9 Å². The molecule has 0 heterocycles. The molecule has 0 fully saturated rings. The second kappa shape index (κ2) is 4.42. The summed E-state index contributed by atoms with van der Waals surface area (Å²) in [5.41, 5.74) is 0.779. The van der Waals surface area contributed by atoms with E-state index in [-0.39, 0.29) is 5.75 Å². The van der Waals surface area contributed by atoms with Crippen LogP contribution in [0.5, 0.6) is 0 Å². The Kier molecular flexibility index (Phi) is 3.69. The van der Waals surface area contributed by atoms with E-state index < -0.39 is 10.0 Å². The van der Waals surface area contributed by atoms with Crippen LogP contribution >= 0.6 is 15.9 Å². The molecule has 78 valence electrons. The lowest BCUT2D eigenvalue weighted by Gasteiger charge is -2.11. The Balaban J connectivity index is 2.96. The molecule has 1 aromatic carbocycles. The van der Waals surface area contributed by atoms with E-state index in [9.17, 15) is 8.42 Å². The normalized spacial score (nSPS) is 12.0. The number of benzene rings is 1. The Labute approximate surface area is 92.9 Å². The van der Waals surface area contributed by atoms with Crippen LogP contribution in [0.3, 0.4) is 0 Å². The van der Waals surface area contributed by atoms with Gasteiger partial charge in [0.25, 0.3) is 0 Å². The predicted octanol–water partition coefficient (Wildman–Crippen LogP) is 1.84. The van der Waals surface area contributed by atoms with E-state index >= 15 is 0 Å². The molecule has 0 bridgehead atoms. The molecule has 0 aliphatic carbocycles. The van der Waals surface area contributed by atoms with Gasteiger partial charge in [0.05, 0.1) is 5.75 Å². The predicted molar refractivity (Wildman–Crippen MR) is 60.5 cm³/mol. The highest BCUT2D eigenvalue weighted by atomic mass is 79.9. The van der Waals surface area contributed by atoms with Crippen molar-refractivity contribution in [1.29, 1.82) is 0 Å². The van der Waals surface area contributed by atoms with E-state index in [1.807, 2.05) is 18.2 Å². The molecule has 0 N–H and O–H groups in total. The maximum absolute atomic E-state index is 11.6. The van der Waals surface area contributed by atoms with E-state index in [1.165, 1.54) is 18.4 Å².